The van der Waals surface area contributed by atoms with Gasteiger partial charge in [-0.05, 0) is 48.1 Å². The summed E-state index contributed by atoms with van der Waals surface area (Å²) < 4.78 is 18.9. The molecular weight excluding hydrogens is 319 g/mol. The van der Waals surface area contributed by atoms with Crippen molar-refractivity contribution < 1.29 is 9.13 Å². The number of aliphatic imine (C=N–C) groups is 1. The highest BCUT2D eigenvalue weighted by atomic mass is 19.1. The van der Waals surface area contributed by atoms with Crippen molar-refractivity contribution in [1.82, 2.24) is 15.6 Å². The predicted octanol–water partition coefficient (Wildman–Crippen LogP) is 2.87. The van der Waals surface area contributed by atoms with Crippen LogP contribution in [0.3, 0.4) is 0 Å². The summed E-state index contributed by atoms with van der Waals surface area (Å²) in [7, 11) is 1.71. The Hall–Kier alpha value is -2.63. The van der Waals surface area contributed by atoms with E-state index >= 15 is 0 Å². The summed E-state index contributed by atoms with van der Waals surface area (Å²) in [6.07, 6.45) is 4.27. The monoisotopic (exact) mass is 342 g/mol. The van der Waals surface area contributed by atoms with Crippen LogP contribution in [0, 0.1) is 11.7 Å². The van der Waals surface area contributed by atoms with Crippen LogP contribution in [0.5, 0.6) is 5.88 Å². The highest BCUT2D eigenvalue weighted by molar-refractivity contribution is 5.79. The number of pyridine rings is 1. The molecule has 0 amide bonds. The van der Waals surface area contributed by atoms with Gasteiger partial charge in [-0.1, -0.05) is 12.1 Å². The molecule has 132 valence electrons. The van der Waals surface area contributed by atoms with E-state index in [9.17, 15) is 4.39 Å². The van der Waals surface area contributed by atoms with Crippen LogP contribution in [0.2, 0.25) is 0 Å². The fourth-order valence-electron chi connectivity index (χ4n) is 2.37. The van der Waals surface area contributed by atoms with Gasteiger partial charge in [-0.2, -0.15) is 0 Å². The van der Waals surface area contributed by atoms with Crippen molar-refractivity contribution in [1.29, 1.82) is 0 Å². The summed E-state index contributed by atoms with van der Waals surface area (Å²) in [4.78, 5) is 8.42. The van der Waals surface area contributed by atoms with E-state index in [2.05, 4.69) is 20.6 Å². The summed E-state index contributed by atoms with van der Waals surface area (Å²) in [5.74, 6) is 1.78. The Bertz CT molecular complexity index is 731. The number of ether oxygens (including phenoxy) is 1. The first-order valence-corrected chi connectivity index (χ1v) is 8.49. The maximum atomic E-state index is 13.2. The Morgan fingerprint density at radius 3 is 2.64 bits per heavy atom. The van der Waals surface area contributed by atoms with E-state index in [4.69, 9.17) is 4.74 Å². The van der Waals surface area contributed by atoms with Crippen molar-refractivity contribution in [3.05, 3.63) is 59.5 Å². The first-order chi connectivity index (χ1) is 12.2. The van der Waals surface area contributed by atoms with E-state index < -0.39 is 0 Å². The number of hydrogen-bond donors (Lipinski definition) is 2. The highest BCUT2D eigenvalue weighted by Gasteiger charge is 2.22. The molecule has 1 aromatic carbocycles. The smallest absolute Gasteiger partial charge is 0.213 e. The molecule has 1 aliphatic rings. The number of benzene rings is 1. The van der Waals surface area contributed by atoms with Gasteiger partial charge in [0, 0.05) is 32.4 Å². The highest BCUT2D eigenvalue weighted by Crippen LogP contribution is 2.29. The minimum Gasteiger partial charge on any atom is -0.477 e. The lowest BCUT2D eigenvalue weighted by molar-refractivity contribution is 0.288. The predicted molar refractivity (Wildman–Crippen MR) is 95.9 cm³/mol. The molecule has 25 heavy (non-hydrogen) atoms. The first kappa shape index (κ1) is 17.2. The molecule has 1 heterocycles. The second-order valence-corrected chi connectivity index (χ2v) is 6.17. The largest absolute Gasteiger partial charge is 0.477 e. The number of guanidine groups is 1. The van der Waals surface area contributed by atoms with E-state index in [1.54, 1.807) is 19.3 Å². The molecule has 1 fully saturated rings. The van der Waals surface area contributed by atoms with E-state index in [1.165, 1.54) is 25.0 Å². The van der Waals surface area contributed by atoms with Gasteiger partial charge in [0.15, 0.2) is 5.96 Å². The van der Waals surface area contributed by atoms with Gasteiger partial charge in [0.25, 0.3) is 0 Å². The topological polar surface area (TPSA) is 58.5 Å². The van der Waals surface area contributed by atoms with Crippen molar-refractivity contribution in [3.63, 3.8) is 0 Å². The number of nitrogens with zero attached hydrogens (tertiary/aromatic N) is 2. The molecule has 0 spiro atoms. The zero-order valence-electron chi connectivity index (χ0n) is 14.3. The maximum Gasteiger partial charge on any atom is 0.213 e. The van der Waals surface area contributed by atoms with Crippen LogP contribution in [0.4, 0.5) is 4.39 Å². The fourth-order valence-corrected chi connectivity index (χ4v) is 2.37. The van der Waals surface area contributed by atoms with E-state index in [1.807, 2.05) is 18.2 Å². The molecular formula is C19H23FN4O. The van der Waals surface area contributed by atoms with Gasteiger partial charge >= 0.3 is 0 Å². The Balaban J connectivity index is 1.48. The molecule has 5 nitrogen and oxygen atoms in total. The van der Waals surface area contributed by atoms with Gasteiger partial charge in [-0.3, -0.25) is 4.99 Å². The van der Waals surface area contributed by atoms with Gasteiger partial charge in [0.2, 0.25) is 5.88 Å². The number of aromatic nitrogens is 1. The van der Waals surface area contributed by atoms with Crippen LogP contribution >= 0.6 is 0 Å². The van der Waals surface area contributed by atoms with Crippen molar-refractivity contribution in [2.45, 2.75) is 25.9 Å². The quantitative estimate of drug-likeness (QED) is 0.600. The fraction of sp³-hybridized carbons (Fsp3) is 0.368. The van der Waals surface area contributed by atoms with Crippen LogP contribution in [0.1, 0.15) is 24.0 Å². The summed E-state index contributed by atoms with van der Waals surface area (Å²) >= 11 is 0. The summed E-state index contributed by atoms with van der Waals surface area (Å²) in [5.41, 5.74) is 1.93. The van der Waals surface area contributed by atoms with Gasteiger partial charge in [0.05, 0.1) is 6.61 Å². The van der Waals surface area contributed by atoms with Gasteiger partial charge < -0.3 is 15.4 Å². The lowest BCUT2D eigenvalue weighted by Crippen LogP contribution is -2.36. The van der Waals surface area contributed by atoms with Crippen molar-refractivity contribution in [2.24, 2.45) is 10.9 Å². The van der Waals surface area contributed by atoms with Crippen LogP contribution < -0.4 is 15.4 Å². The number of nitrogens with one attached hydrogen (secondary N) is 2. The van der Waals surface area contributed by atoms with Gasteiger partial charge in [-0.15, -0.1) is 0 Å². The minimum absolute atomic E-state index is 0.238. The van der Waals surface area contributed by atoms with Gasteiger partial charge in [0.1, 0.15) is 5.82 Å². The second kappa shape index (κ2) is 8.46. The van der Waals surface area contributed by atoms with E-state index in [0.717, 1.165) is 17.7 Å². The lowest BCUT2D eigenvalue weighted by Gasteiger charge is -2.12. The molecule has 3 rings (SSSR count). The summed E-state index contributed by atoms with van der Waals surface area (Å²) in [6.45, 7) is 1.86. The molecule has 1 saturated carbocycles. The van der Waals surface area contributed by atoms with Gasteiger partial charge in [-0.25, -0.2) is 9.37 Å². The van der Waals surface area contributed by atoms with E-state index in [0.29, 0.717) is 30.8 Å². The Morgan fingerprint density at radius 1 is 1.20 bits per heavy atom. The van der Waals surface area contributed by atoms with Crippen LogP contribution in [-0.2, 0) is 13.1 Å². The molecule has 0 bridgehead atoms. The molecule has 1 aliphatic carbocycles. The third kappa shape index (κ3) is 5.74. The number of hydrogen-bond acceptors (Lipinski definition) is 3. The molecule has 2 N–H and O–H groups in total. The zero-order chi connectivity index (χ0) is 17.5. The molecule has 0 atom stereocenters. The van der Waals surface area contributed by atoms with Crippen molar-refractivity contribution in [2.75, 3.05) is 13.7 Å². The first-order valence-electron chi connectivity index (χ1n) is 8.49. The molecule has 0 aliphatic heterocycles. The third-order valence-electron chi connectivity index (χ3n) is 4.00. The zero-order valence-corrected chi connectivity index (χ0v) is 14.3. The molecule has 0 radical (unpaired) electrons. The second-order valence-electron chi connectivity index (χ2n) is 6.17. The lowest BCUT2D eigenvalue weighted by atomic mass is 10.2. The molecule has 0 unspecified atom stereocenters. The average Bonchev–Trinajstić information content (AvgIpc) is 3.45. The van der Waals surface area contributed by atoms with Crippen LogP contribution in [-0.4, -0.2) is 24.6 Å². The van der Waals surface area contributed by atoms with Crippen molar-refractivity contribution >= 4 is 5.96 Å². The normalized spacial score (nSPS) is 14.2. The standard InChI is InChI=1S/C19H23FN4O/c1-21-19(23-11-15-3-2-4-17(20)9-15)24-12-16-7-8-22-18(10-16)25-13-14-5-6-14/h2-4,7-10,14H,5-6,11-13H2,1H3,(H2,21,23,24). The number of halogens is 1. The van der Waals surface area contributed by atoms with Crippen LogP contribution in [0.15, 0.2) is 47.6 Å². The molecule has 6 heteroatoms. The van der Waals surface area contributed by atoms with E-state index in [-0.39, 0.29) is 5.82 Å². The Labute approximate surface area is 147 Å². The Morgan fingerprint density at radius 2 is 1.96 bits per heavy atom. The average molecular weight is 342 g/mol. The Kier molecular flexibility index (Phi) is 5.82. The summed E-state index contributed by atoms with van der Waals surface area (Å²) in [5, 5.41) is 6.41. The summed E-state index contributed by atoms with van der Waals surface area (Å²) in [6, 6.07) is 10.4. The molecule has 1 aromatic heterocycles. The molecule has 2 aromatic rings. The SMILES string of the molecule is CN=C(NCc1cccc(F)c1)NCc1ccnc(OCC2CC2)c1. The molecule has 0 saturated heterocycles. The minimum atomic E-state index is -0.238. The third-order valence-corrected chi connectivity index (χ3v) is 4.00. The number of rotatable bonds is 7. The maximum absolute atomic E-state index is 13.2. The van der Waals surface area contributed by atoms with Crippen LogP contribution in [0.25, 0.3) is 0 Å². The van der Waals surface area contributed by atoms with Crippen molar-refractivity contribution in [3.8, 4) is 5.88 Å².